The van der Waals surface area contributed by atoms with E-state index in [1.807, 2.05) is 31.2 Å². The number of carbonyl (C=O) groups excluding carboxylic acids is 1. The Kier molecular flexibility index (Phi) is 7.10. The van der Waals surface area contributed by atoms with Crippen LogP contribution in [0, 0.1) is 0 Å². The molecule has 1 aliphatic heterocycles. The Balaban J connectivity index is 1.64. The van der Waals surface area contributed by atoms with Crippen LogP contribution >= 0.6 is 0 Å². The van der Waals surface area contributed by atoms with Crippen molar-refractivity contribution >= 4 is 15.9 Å². The predicted molar refractivity (Wildman–Crippen MR) is 111 cm³/mol. The highest BCUT2D eigenvalue weighted by atomic mass is 32.2. The predicted octanol–water partition coefficient (Wildman–Crippen LogP) is 2.67. The van der Waals surface area contributed by atoms with Gasteiger partial charge in [0.1, 0.15) is 10.6 Å². The highest BCUT2D eigenvalue weighted by Crippen LogP contribution is 2.22. The first-order valence-corrected chi connectivity index (χ1v) is 11.5. The molecule has 1 saturated heterocycles. The van der Waals surface area contributed by atoms with Crippen molar-refractivity contribution in [2.24, 2.45) is 7.05 Å². The minimum atomic E-state index is -3.56. The molecule has 2 heterocycles. The van der Waals surface area contributed by atoms with Crippen LogP contribution in [0.3, 0.4) is 0 Å². The van der Waals surface area contributed by atoms with E-state index in [1.54, 1.807) is 11.6 Å². The van der Waals surface area contributed by atoms with Gasteiger partial charge in [0.25, 0.3) is 5.91 Å². The zero-order valence-corrected chi connectivity index (χ0v) is 17.9. The molecule has 3 rings (SSSR count). The minimum Gasteiger partial charge on any atom is -0.377 e. The number of aryl methyl sites for hydroxylation is 1. The molecular weight excluding hydrogens is 390 g/mol. The van der Waals surface area contributed by atoms with E-state index >= 15 is 0 Å². The molecule has 1 fully saturated rings. The molecule has 1 amide bonds. The van der Waals surface area contributed by atoms with Crippen LogP contribution in [0.4, 0.5) is 0 Å². The van der Waals surface area contributed by atoms with Gasteiger partial charge in [0.2, 0.25) is 10.0 Å². The highest BCUT2D eigenvalue weighted by molar-refractivity contribution is 7.89. The maximum Gasteiger partial charge on any atom is 0.268 e. The first-order valence-electron chi connectivity index (χ1n) is 10.0. The van der Waals surface area contributed by atoms with E-state index in [4.69, 9.17) is 4.74 Å². The number of piperidine rings is 1. The Hall–Kier alpha value is -2.16. The van der Waals surface area contributed by atoms with E-state index < -0.39 is 10.0 Å². The molecule has 0 bridgehead atoms. The van der Waals surface area contributed by atoms with Crippen molar-refractivity contribution in [2.75, 3.05) is 19.7 Å². The molecule has 0 atom stereocenters. The summed E-state index contributed by atoms with van der Waals surface area (Å²) in [5.74, 6) is -0.300. The zero-order valence-electron chi connectivity index (χ0n) is 17.1. The summed E-state index contributed by atoms with van der Waals surface area (Å²) in [4.78, 5) is 12.8. The second-order valence-corrected chi connectivity index (χ2v) is 9.21. The quantitative estimate of drug-likeness (QED) is 0.713. The van der Waals surface area contributed by atoms with Crippen LogP contribution in [0.25, 0.3) is 0 Å². The van der Waals surface area contributed by atoms with E-state index in [-0.39, 0.29) is 10.8 Å². The molecule has 29 heavy (non-hydrogen) atoms. The summed E-state index contributed by atoms with van der Waals surface area (Å²) < 4.78 is 34.1. The third-order valence-corrected chi connectivity index (χ3v) is 6.98. The minimum absolute atomic E-state index is 0.173. The Morgan fingerprint density at radius 1 is 1.10 bits per heavy atom. The number of hydrogen-bond donors (Lipinski definition) is 1. The molecule has 2 aromatic rings. The van der Waals surface area contributed by atoms with Crippen molar-refractivity contribution < 1.29 is 17.9 Å². The number of nitrogens with zero attached hydrogens (tertiary/aromatic N) is 2. The molecular formula is C21H29N3O4S. The largest absolute Gasteiger partial charge is 0.377 e. The van der Waals surface area contributed by atoms with Gasteiger partial charge in [-0.3, -0.25) is 4.79 Å². The number of ether oxygens (including phenoxy) is 1. The summed E-state index contributed by atoms with van der Waals surface area (Å²) in [6.45, 7) is 4.64. The van der Waals surface area contributed by atoms with Crippen LogP contribution in [0.5, 0.6) is 0 Å². The molecule has 1 aliphatic rings. The van der Waals surface area contributed by atoms with Crippen LogP contribution in [-0.2, 0) is 35.0 Å². The van der Waals surface area contributed by atoms with Crippen LogP contribution in [0.15, 0.2) is 41.4 Å². The molecule has 0 saturated carbocycles. The smallest absolute Gasteiger partial charge is 0.268 e. The van der Waals surface area contributed by atoms with Gasteiger partial charge < -0.3 is 14.6 Å². The fourth-order valence-electron chi connectivity index (χ4n) is 3.40. The average Bonchev–Trinajstić information content (AvgIpc) is 3.14. The molecule has 1 aromatic heterocycles. The summed E-state index contributed by atoms with van der Waals surface area (Å²) in [6.07, 6.45) is 4.33. The summed E-state index contributed by atoms with van der Waals surface area (Å²) in [6, 6.07) is 9.31. The lowest BCUT2D eigenvalue weighted by molar-refractivity contribution is 0.0942. The van der Waals surface area contributed by atoms with Gasteiger partial charge in [-0.15, -0.1) is 0 Å². The monoisotopic (exact) mass is 419 g/mol. The lowest BCUT2D eigenvalue weighted by Crippen LogP contribution is -2.35. The Morgan fingerprint density at radius 3 is 2.41 bits per heavy atom. The highest BCUT2D eigenvalue weighted by Gasteiger charge is 2.28. The number of benzene rings is 1. The van der Waals surface area contributed by atoms with Gasteiger partial charge in [0.15, 0.2) is 0 Å². The van der Waals surface area contributed by atoms with E-state index in [0.717, 1.165) is 30.4 Å². The van der Waals surface area contributed by atoms with Crippen molar-refractivity contribution in [3.05, 3.63) is 53.3 Å². The zero-order chi connectivity index (χ0) is 20.9. The first-order chi connectivity index (χ1) is 13.9. The van der Waals surface area contributed by atoms with E-state index in [9.17, 15) is 13.2 Å². The third-order valence-electron chi connectivity index (χ3n) is 5.11. The summed E-state index contributed by atoms with van der Waals surface area (Å²) in [5.41, 5.74) is 2.37. The van der Waals surface area contributed by atoms with Gasteiger partial charge in [-0.2, -0.15) is 4.31 Å². The molecule has 0 radical (unpaired) electrons. The summed E-state index contributed by atoms with van der Waals surface area (Å²) >= 11 is 0. The number of hydrogen-bond acceptors (Lipinski definition) is 4. The third kappa shape index (κ3) is 5.26. The normalized spacial score (nSPS) is 15.4. The van der Waals surface area contributed by atoms with Crippen LogP contribution in [0.1, 0.15) is 47.8 Å². The standard InChI is InChI=1S/C21H29N3O4S/c1-3-28-16-18-9-7-17(8-10-18)14-22-21(25)20-13-19(15-23(20)2)29(26,27)24-11-5-4-6-12-24/h7-10,13,15H,3-6,11-12,14,16H2,1-2H3,(H,22,25). The molecule has 7 nitrogen and oxygen atoms in total. The second kappa shape index (κ2) is 9.56. The maximum atomic E-state index is 12.8. The molecule has 1 aromatic carbocycles. The number of rotatable bonds is 8. The number of carbonyl (C=O) groups is 1. The van der Waals surface area contributed by atoms with Crippen LogP contribution in [0.2, 0.25) is 0 Å². The number of amides is 1. The molecule has 0 aliphatic carbocycles. The Morgan fingerprint density at radius 2 is 1.76 bits per heavy atom. The van der Waals surface area contributed by atoms with Crippen molar-refractivity contribution in [3.8, 4) is 0 Å². The fraction of sp³-hybridized carbons (Fsp3) is 0.476. The average molecular weight is 420 g/mol. The summed E-state index contributed by atoms with van der Waals surface area (Å²) in [5, 5.41) is 2.86. The SMILES string of the molecule is CCOCc1ccc(CNC(=O)c2cc(S(=O)(=O)N3CCCCC3)cn2C)cc1. The van der Waals surface area contributed by atoms with E-state index in [2.05, 4.69) is 5.32 Å². The van der Waals surface area contributed by atoms with Crippen LogP contribution < -0.4 is 5.32 Å². The fourth-order valence-corrected chi connectivity index (χ4v) is 4.99. The lowest BCUT2D eigenvalue weighted by Gasteiger charge is -2.25. The van der Waals surface area contributed by atoms with Crippen molar-refractivity contribution in [2.45, 2.75) is 44.2 Å². The van der Waals surface area contributed by atoms with Gasteiger partial charge in [-0.05, 0) is 37.0 Å². The van der Waals surface area contributed by atoms with E-state index in [0.29, 0.717) is 38.5 Å². The van der Waals surface area contributed by atoms with E-state index in [1.165, 1.54) is 16.6 Å². The number of aromatic nitrogens is 1. The second-order valence-electron chi connectivity index (χ2n) is 7.27. The number of nitrogens with one attached hydrogen (secondary N) is 1. The van der Waals surface area contributed by atoms with Gasteiger partial charge >= 0.3 is 0 Å². The topological polar surface area (TPSA) is 80.6 Å². The van der Waals surface area contributed by atoms with Crippen LogP contribution in [-0.4, -0.2) is 42.9 Å². The van der Waals surface area contributed by atoms with Gasteiger partial charge in [-0.25, -0.2) is 8.42 Å². The van der Waals surface area contributed by atoms with Gasteiger partial charge in [0, 0.05) is 39.5 Å². The number of sulfonamides is 1. The molecule has 158 valence electrons. The van der Waals surface area contributed by atoms with Gasteiger partial charge in [0.05, 0.1) is 6.61 Å². The first kappa shape index (κ1) is 21.5. The Labute approximate surface area is 172 Å². The van der Waals surface area contributed by atoms with Gasteiger partial charge in [-0.1, -0.05) is 30.7 Å². The molecule has 0 unspecified atom stereocenters. The lowest BCUT2D eigenvalue weighted by atomic mass is 10.1. The maximum absolute atomic E-state index is 12.8. The summed E-state index contributed by atoms with van der Waals surface area (Å²) in [7, 11) is -1.87. The molecule has 0 spiro atoms. The van der Waals surface area contributed by atoms with Crippen molar-refractivity contribution in [1.82, 2.24) is 14.2 Å². The molecule has 1 N–H and O–H groups in total. The molecule has 8 heteroatoms. The van der Waals surface area contributed by atoms with Crippen molar-refractivity contribution in [3.63, 3.8) is 0 Å². The van der Waals surface area contributed by atoms with Crippen molar-refractivity contribution in [1.29, 1.82) is 0 Å². The Bertz CT molecular complexity index is 929.